The van der Waals surface area contributed by atoms with Crippen molar-refractivity contribution >= 4 is 0 Å². The quantitative estimate of drug-likeness (QED) is 0.748. The van der Waals surface area contributed by atoms with Gasteiger partial charge >= 0.3 is 0 Å². The lowest BCUT2D eigenvalue weighted by molar-refractivity contribution is 0.185. The summed E-state index contributed by atoms with van der Waals surface area (Å²) in [6.07, 6.45) is 3.69. The number of benzene rings is 1. The minimum absolute atomic E-state index is 0.207. The number of rotatable bonds is 6. The Kier molecular flexibility index (Phi) is 5.37. The molecule has 1 unspecified atom stereocenters. The van der Waals surface area contributed by atoms with Crippen LogP contribution in [0.2, 0.25) is 0 Å². The van der Waals surface area contributed by atoms with Gasteiger partial charge in [-0.2, -0.15) is 0 Å². The maximum absolute atomic E-state index is 9.17. The van der Waals surface area contributed by atoms with Gasteiger partial charge in [-0.3, -0.25) is 0 Å². The lowest BCUT2D eigenvalue weighted by Gasteiger charge is -2.05. The largest absolute Gasteiger partial charge is 0.393 e. The molecule has 0 heterocycles. The van der Waals surface area contributed by atoms with Crippen LogP contribution < -0.4 is 5.73 Å². The number of aliphatic hydroxyl groups excluding tert-OH is 1. The zero-order chi connectivity index (χ0) is 11.1. The molecule has 3 N–H and O–H groups in total. The summed E-state index contributed by atoms with van der Waals surface area (Å²) in [5.74, 6) is 0. The van der Waals surface area contributed by atoms with Gasteiger partial charge in [0, 0.05) is 0 Å². The minimum Gasteiger partial charge on any atom is -0.393 e. The highest BCUT2D eigenvalue weighted by molar-refractivity contribution is 5.22. The monoisotopic (exact) mass is 207 g/mol. The Morgan fingerprint density at radius 1 is 1.13 bits per heavy atom. The second kappa shape index (κ2) is 6.59. The van der Waals surface area contributed by atoms with Crippen molar-refractivity contribution < 1.29 is 5.11 Å². The van der Waals surface area contributed by atoms with Crippen molar-refractivity contribution in [3.05, 3.63) is 35.4 Å². The van der Waals surface area contributed by atoms with Gasteiger partial charge in [-0.25, -0.2) is 0 Å². The molecule has 0 saturated heterocycles. The molecule has 2 nitrogen and oxygen atoms in total. The van der Waals surface area contributed by atoms with E-state index in [0.29, 0.717) is 0 Å². The highest BCUT2D eigenvalue weighted by Gasteiger charge is 1.98. The molecular weight excluding hydrogens is 186 g/mol. The summed E-state index contributed by atoms with van der Waals surface area (Å²) in [6, 6.07) is 8.61. The summed E-state index contributed by atoms with van der Waals surface area (Å²) in [4.78, 5) is 0. The predicted molar refractivity (Wildman–Crippen MR) is 63.8 cm³/mol. The highest BCUT2D eigenvalue weighted by atomic mass is 16.3. The smallest absolute Gasteiger partial charge is 0.0515 e. The number of hydrogen-bond donors (Lipinski definition) is 2. The molecular formula is C13H21NO. The fraction of sp³-hybridized carbons (Fsp3) is 0.538. The molecule has 2 heteroatoms. The van der Waals surface area contributed by atoms with E-state index in [-0.39, 0.29) is 6.10 Å². The first-order chi connectivity index (χ1) is 7.22. The average Bonchev–Trinajstić information content (AvgIpc) is 2.25. The zero-order valence-corrected chi connectivity index (χ0v) is 9.45. The first-order valence-electron chi connectivity index (χ1n) is 5.68. The van der Waals surface area contributed by atoms with Crippen LogP contribution in [0.25, 0.3) is 0 Å². The summed E-state index contributed by atoms with van der Waals surface area (Å²) in [6.45, 7) is 2.58. The molecule has 0 fully saturated rings. The van der Waals surface area contributed by atoms with Gasteiger partial charge in [0.1, 0.15) is 0 Å². The molecule has 1 aromatic rings. The summed E-state index contributed by atoms with van der Waals surface area (Å²) in [7, 11) is 0. The summed E-state index contributed by atoms with van der Waals surface area (Å²) >= 11 is 0. The van der Waals surface area contributed by atoms with E-state index in [1.807, 2.05) is 6.92 Å². The van der Waals surface area contributed by atoms with Crippen LogP contribution in [0.1, 0.15) is 30.9 Å². The van der Waals surface area contributed by atoms with Crippen LogP contribution in [0.3, 0.4) is 0 Å². The second-order valence-corrected chi connectivity index (χ2v) is 4.10. The molecule has 0 aliphatic carbocycles. The van der Waals surface area contributed by atoms with E-state index in [4.69, 9.17) is 5.73 Å². The van der Waals surface area contributed by atoms with Gasteiger partial charge in [0.15, 0.2) is 0 Å². The van der Waals surface area contributed by atoms with Crippen molar-refractivity contribution in [2.75, 3.05) is 6.54 Å². The van der Waals surface area contributed by atoms with Gasteiger partial charge < -0.3 is 10.8 Å². The molecule has 0 aliphatic rings. The first-order valence-corrected chi connectivity index (χ1v) is 5.68. The van der Waals surface area contributed by atoms with E-state index in [1.54, 1.807) is 0 Å². The molecule has 0 amide bonds. The maximum atomic E-state index is 9.17. The van der Waals surface area contributed by atoms with Crippen LogP contribution in [0.4, 0.5) is 0 Å². The third kappa shape index (κ3) is 4.96. The van der Waals surface area contributed by atoms with E-state index in [1.165, 1.54) is 11.1 Å². The third-order valence-electron chi connectivity index (χ3n) is 2.54. The van der Waals surface area contributed by atoms with Crippen molar-refractivity contribution in [2.24, 2.45) is 5.73 Å². The average molecular weight is 207 g/mol. The first kappa shape index (κ1) is 12.2. The number of aliphatic hydroxyl groups is 1. The van der Waals surface area contributed by atoms with Crippen LogP contribution in [-0.4, -0.2) is 17.8 Å². The van der Waals surface area contributed by atoms with Crippen molar-refractivity contribution in [2.45, 2.75) is 38.7 Å². The molecule has 0 spiro atoms. The Labute approximate surface area is 92.1 Å². The number of nitrogens with two attached hydrogens (primary N) is 1. The van der Waals surface area contributed by atoms with Crippen molar-refractivity contribution in [3.63, 3.8) is 0 Å². The van der Waals surface area contributed by atoms with Crippen LogP contribution >= 0.6 is 0 Å². The molecule has 1 rings (SSSR count). The van der Waals surface area contributed by atoms with E-state index >= 15 is 0 Å². The van der Waals surface area contributed by atoms with Crippen molar-refractivity contribution in [1.29, 1.82) is 0 Å². The molecule has 84 valence electrons. The topological polar surface area (TPSA) is 46.2 Å². The molecule has 0 aliphatic heterocycles. The van der Waals surface area contributed by atoms with Gasteiger partial charge in [-0.1, -0.05) is 24.3 Å². The number of hydrogen-bond acceptors (Lipinski definition) is 2. The van der Waals surface area contributed by atoms with E-state index in [0.717, 1.165) is 32.2 Å². The van der Waals surface area contributed by atoms with Crippen LogP contribution in [-0.2, 0) is 12.8 Å². The highest BCUT2D eigenvalue weighted by Crippen LogP contribution is 2.09. The van der Waals surface area contributed by atoms with Gasteiger partial charge in [0.2, 0.25) is 0 Å². The Hall–Kier alpha value is -0.860. The summed E-state index contributed by atoms with van der Waals surface area (Å²) in [5.41, 5.74) is 8.11. The minimum atomic E-state index is -0.207. The molecule has 0 saturated carbocycles. The normalized spacial score (nSPS) is 12.7. The van der Waals surface area contributed by atoms with Crippen molar-refractivity contribution in [1.82, 2.24) is 0 Å². The van der Waals surface area contributed by atoms with E-state index < -0.39 is 0 Å². The Morgan fingerprint density at radius 2 is 1.67 bits per heavy atom. The third-order valence-corrected chi connectivity index (χ3v) is 2.54. The lowest BCUT2D eigenvalue weighted by Crippen LogP contribution is -2.02. The van der Waals surface area contributed by atoms with Crippen LogP contribution in [0.15, 0.2) is 24.3 Å². The van der Waals surface area contributed by atoms with Crippen molar-refractivity contribution in [3.8, 4) is 0 Å². The van der Waals surface area contributed by atoms with Gasteiger partial charge in [-0.15, -0.1) is 0 Å². The molecule has 0 bridgehead atoms. The van der Waals surface area contributed by atoms with Gasteiger partial charge in [-0.05, 0) is 50.3 Å². The fourth-order valence-corrected chi connectivity index (χ4v) is 1.55. The molecule has 0 radical (unpaired) electrons. The molecule has 15 heavy (non-hydrogen) atoms. The second-order valence-electron chi connectivity index (χ2n) is 4.10. The van der Waals surface area contributed by atoms with Crippen LogP contribution in [0, 0.1) is 0 Å². The van der Waals surface area contributed by atoms with Gasteiger partial charge in [0.05, 0.1) is 6.10 Å². The van der Waals surface area contributed by atoms with Crippen LogP contribution in [0.5, 0.6) is 0 Å². The molecule has 0 aromatic heterocycles. The lowest BCUT2D eigenvalue weighted by atomic mass is 10.0. The Balaban J connectivity index is 2.41. The standard InChI is InChI=1S/C13H21NO/c1-11(15)4-5-13-8-6-12(7-9-13)3-2-10-14/h6-9,11,15H,2-5,10,14H2,1H3. The molecule has 1 aromatic carbocycles. The predicted octanol–water partition coefficient (Wildman–Crippen LogP) is 1.89. The fourth-order valence-electron chi connectivity index (χ4n) is 1.55. The summed E-state index contributed by atoms with van der Waals surface area (Å²) < 4.78 is 0. The van der Waals surface area contributed by atoms with E-state index in [2.05, 4.69) is 24.3 Å². The summed E-state index contributed by atoms with van der Waals surface area (Å²) in [5, 5.41) is 9.17. The SMILES string of the molecule is CC(O)CCc1ccc(CCCN)cc1. The van der Waals surface area contributed by atoms with E-state index in [9.17, 15) is 5.11 Å². The molecule has 1 atom stereocenters. The Morgan fingerprint density at radius 3 is 2.13 bits per heavy atom. The van der Waals surface area contributed by atoms with Gasteiger partial charge in [0.25, 0.3) is 0 Å². The Bertz CT molecular complexity index is 266. The zero-order valence-electron chi connectivity index (χ0n) is 9.45. The number of aryl methyl sites for hydroxylation is 2. The maximum Gasteiger partial charge on any atom is 0.0515 e.